The molecule has 0 unspecified atom stereocenters. The van der Waals surface area contributed by atoms with E-state index in [-0.39, 0.29) is 18.2 Å². The van der Waals surface area contributed by atoms with Crippen LogP contribution in [0.3, 0.4) is 0 Å². The molecule has 3 nitrogen and oxygen atoms in total. The van der Waals surface area contributed by atoms with Gasteiger partial charge in [-0.05, 0) is 0 Å². The second-order valence-corrected chi connectivity index (χ2v) is 1.40. The first-order chi connectivity index (χ1) is 4.33. The van der Waals surface area contributed by atoms with Crippen LogP contribution < -0.4 is 0 Å². The van der Waals surface area contributed by atoms with Crippen molar-refractivity contribution in [2.24, 2.45) is 0 Å². The van der Waals surface area contributed by atoms with Crippen LogP contribution in [-0.2, 0) is 0 Å². The number of nitrogens with one attached hydrogen (secondary N) is 1. The summed E-state index contributed by atoms with van der Waals surface area (Å²) in [6, 6.07) is 0. The van der Waals surface area contributed by atoms with Crippen LogP contribution >= 0.6 is 12.4 Å². The summed E-state index contributed by atoms with van der Waals surface area (Å²) in [5, 5.41) is 6.64. The minimum absolute atomic E-state index is 0. The van der Waals surface area contributed by atoms with Gasteiger partial charge in [0.25, 0.3) is 0 Å². The van der Waals surface area contributed by atoms with E-state index in [1.807, 2.05) is 0 Å². The average molecular weight is 162 g/mol. The highest BCUT2D eigenvalue weighted by atomic mass is 35.5. The molecule has 0 aliphatic heterocycles. The monoisotopic (exact) mass is 161 g/mol. The van der Waals surface area contributed by atoms with Gasteiger partial charge in [-0.1, -0.05) is 0 Å². The normalized spacial score (nSPS) is 8.10. The first kappa shape index (κ1) is 8.97. The number of nitrogens with zero attached hydrogens (tertiary/aromatic N) is 2. The Morgan fingerprint density at radius 3 is 2.30 bits per heavy atom. The van der Waals surface area contributed by atoms with Gasteiger partial charge in [-0.25, -0.2) is 14.4 Å². The highest BCUT2D eigenvalue weighted by Gasteiger charge is 1.89. The van der Waals surface area contributed by atoms with Crippen molar-refractivity contribution in [3.8, 4) is 0 Å². The summed E-state index contributed by atoms with van der Waals surface area (Å²) in [5.41, 5.74) is 0. The number of halogens is 2. The topological polar surface area (TPSA) is 49.6 Å². The number of hydrogen-bond donors (Lipinski definition) is 1. The Labute approximate surface area is 63.2 Å². The van der Waals surface area contributed by atoms with E-state index in [1.54, 1.807) is 0 Å². The molecule has 0 aliphatic carbocycles. The Morgan fingerprint density at radius 1 is 1.40 bits per heavy atom. The summed E-state index contributed by atoms with van der Waals surface area (Å²) in [6.07, 6.45) is 3.00. The SMILES string of the molecule is Cl.N=Cc1ncc(F)cn1. The summed E-state index contributed by atoms with van der Waals surface area (Å²) in [4.78, 5) is 6.94. The molecule has 54 valence electrons. The molecule has 1 aromatic heterocycles. The highest BCUT2D eigenvalue weighted by Crippen LogP contribution is 1.88. The first-order valence-electron chi connectivity index (χ1n) is 2.31. The maximum absolute atomic E-state index is 12.0. The van der Waals surface area contributed by atoms with Crippen molar-refractivity contribution in [1.29, 1.82) is 5.41 Å². The van der Waals surface area contributed by atoms with Crippen LogP contribution in [0.5, 0.6) is 0 Å². The fourth-order valence-corrected chi connectivity index (χ4v) is 0.397. The molecular weight excluding hydrogens is 157 g/mol. The van der Waals surface area contributed by atoms with Crippen LogP contribution in [0.15, 0.2) is 12.4 Å². The molecule has 1 aromatic rings. The minimum atomic E-state index is -0.486. The number of hydrogen-bond acceptors (Lipinski definition) is 3. The third kappa shape index (κ3) is 2.06. The maximum atomic E-state index is 12.0. The predicted octanol–water partition coefficient (Wildman–Crippen LogP) is 1.04. The van der Waals surface area contributed by atoms with Crippen molar-refractivity contribution in [3.05, 3.63) is 24.0 Å². The lowest BCUT2D eigenvalue weighted by Gasteiger charge is -1.86. The Kier molecular flexibility index (Phi) is 3.49. The van der Waals surface area contributed by atoms with Gasteiger partial charge in [-0.2, -0.15) is 0 Å². The summed E-state index contributed by atoms with van der Waals surface area (Å²) < 4.78 is 12.0. The molecular formula is C5H5ClFN3. The van der Waals surface area contributed by atoms with Crippen LogP contribution in [0.1, 0.15) is 5.82 Å². The van der Waals surface area contributed by atoms with Gasteiger partial charge >= 0.3 is 0 Å². The number of aromatic nitrogens is 2. The zero-order chi connectivity index (χ0) is 6.69. The maximum Gasteiger partial charge on any atom is 0.169 e. The van der Waals surface area contributed by atoms with Crippen molar-refractivity contribution in [1.82, 2.24) is 9.97 Å². The van der Waals surface area contributed by atoms with E-state index in [2.05, 4.69) is 9.97 Å². The second-order valence-electron chi connectivity index (χ2n) is 1.40. The van der Waals surface area contributed by atoms with Gasteiger partial charge in [0.05, 0.1) is 18.6 Å². The molecule has 0 radical (unpaired) electrons. The van der Waals surface area contributed by atoms with Gasteiger partial charge in [0.15, 0.2) is 11.6 Å². The summed E-state index contributed by atoms with van der Waals surface area (Å²) in [5.74, 6) is -0.267. The molecule has 10 heavy (non-hydrogen) atoms. The third-order valence-corrected chi connectivity index (χ3v) is 0.769. The van der Waals surface area contributed by atoms with Gasteiger partial charge in [0, 0.05) is 0 Å². The van der Waals surface area contributed by atoms with E-state index in [1.165, 1.54) is 0 Å². The van der Waals surface area contributed by atoms with Crippen LogP contribution in [0.4, 0.5) is 4.39 Å². The fraction of sp³-hybridized carbons (Fsp3) is 0. The van der Waals surface area contributed by atoms with E-state index in [9.17, 15) is 4.39 Å². The average Bonchev–Trinajstić information content (AvgIpc) is 1.90. The first-order valence-corrected chi connectivity index (χ1v) is 2.31. The standard InChI is InChI=1S/C5H4FN3.ClH/c6-4-2-8-5(1-7)9-3-4;/h1-3,7H;1H. The van der Waals surface area contributed by atoms with E-state index in [4.69, 9.17) is 5.41 Å². The van der Waals surface area contributed by atoms with Crippen molar-refractivity contribution < 1.29 is 4.39 Å². The Bertz CT molecular complexity index is 211. The molecule has 0 saturated heterocycles. The van der Waals surface area contributed by atoms with E-state index in [0.29, 0.717) is 0 Å². The lowest BCUT2D eigenvalue weighted by molar-refractivity contribution is 0.613. The molecule has 0 fully saturated rings. The summed E-state index contributed by atoms with van der Waals surface area (Å²) >= 11 is 0. The van der Waals surface area contributed by atoms with Gasteiger partial charge in [-0.3, -0.25) is 0 Å². The molecule has 0 amide bonds. The molecule has 5 heteroatoms. The van der Waals surface area contributed by atoms with Crippen molar-refractivity contribution >= 4 is 18.6 Å². The number of rotatable bonds is 1. The zero-order valence-corrected chi connectivity index (χ0v) is 5.73. The van der Waals surface area contributed by atoms with Gasteiger partial charge in [-0.15, -0.1) is 12.4 Å². The van der Waals surface area contributed by atoms with Crippen LogP contribution in [0.2, 0.25) is 0 Å². The molecule has 0 atom stereocenters. The van der Waals surface area contributed by atoms with E-state index >= 15 is 0 Å². The molecule has 0 aliphatic rings. The van der Waals surface area contributed by atoms with Crippen molar-refractivity contribution in [2.75, 3.05) is 0 Å². The highest BCUT2D eigenvalue weighted by molar-refractivity contribution is 5.85. The van der Waals surface area contributed by atoms with Gasteiger partial charge in [0.2, 0.25) is 0 Å². The van der Waals surface area contributed by atoms with E-state index < -0.39 is 5.82 Å². The third-order valence-electron chi connectivity index (χ3n) is 0.769. The molecule has 0 spiro atoms. The van der Waals surface area contributed by atoms with Crippen LogP contribution in [0.25, 0.3) is 0 Å². The second kappa shape index (κ2) is 3.90. The largest absolute Gasteiger partial charge is 0.305 e. The zero-order valence-electron chi connectivity index (χ0n) is 4.91. The molecule has 0 bridgehead atoms. The van der Waals surface area contributed by atoms with E-state index in [0.717, 1.165) is 18.6 Å². The quantitative estimate of drug-likeness (QED) is 0.626. The molecule has 0 saturated carbocycles. The molecule has 1 heterocycles. The predicted molar refractivity (Wildman–Crippen MR) is 37.1 cm³/mol. The Balaban J connectivity index is 0.000000810. The Hall–Kier alpha value is -1.03. The molecule has 1 N–H and O–H groups in total. The lowest BCUT2D eigenvalue weighted by Crippen LogP contribution is -1.91. The summed E-state index contributed by atoms with van der Waals surface area (Å²) in [6.45, 7) is 0. The lowest BCUT2D eigenvalue weighted by atomic mass is 10.6. The van der Waals surface area contributed by atoms with Crippen LogP contribution in [0, 0.1) is 11.2 Å². The van der Waals surface area contributed by atoms with Gasteiger partial charge in [0.1, 0.15) is 0 Å². The fourth-order valence-electron chi connectivity index (χ4n) is 0.397. The molecule has 1 rings (SSSR count). The van der Waals surface area contributed by atoms with Crippen molar-refractivity contribution in [2.45, 2.75) is 0 Å². The van der Waals surface area contributed by atoms with Crippen LogP contribution in [-0.4, -0.2) is 16.2 Å². The summed E-state index contributed by atoms with van der Waals surface area (Å²) in [7, 11) is 0. The smallest absolute Gasteiger partial charge is 0.169 e. The van der Waals surface area contributed by atoms with Crippen molar-refractivity contribution in [3.63, 3.8) is 0 Å². The minimum Gasteiger partial charge on any atom is -0.305 e. The molecule has 0 aromatic carbocycles. The van der Waals surface area contributed by atoms with Gasteiger partial charge < -0.3 is 5.41 Å². The Morgan fingerprint density at radius 2 is 1.90 bits per heavy atom.